The van der Waals surface area contributed by atoms with Crippen molar-refractivity contribution in [3.63, 3.8) is 0 Å². The van der Waals surface area contributed by atoms with Gasteiger partial charge in [-0.25, -0.2) is 4.39 Å². The molecule has 2 nitrogen and oxygen atoms in total. The Balaban J connectivity index is 1.65. The maximum Gasteiger partial charge on any atom is 0.127 e. The van der Waals surface area contributed by atoms with Crippen molar-refractivity contribution >= 4 is 0 Å². The molecule has 2 saturated carbocycles. The Labute approximate surface area is 127 Å². The molecule has 1 aromatic rings. The smallest absolute Gasteiger partial charge is 0.127 e. The maximum atomic E-state index is 14.1. The number of nitrogens with one attached hydrogen (secondary N) is 1. The first-order valence-corrected chi connectivity index (χ1v) is 8.36. The third-order valence-electron chi connectivity index (χ3n) is 4.32. The monoisotopic (exact) mass is 290 g/mol. The van der Waals surface area contributed by atoms with Crippen molar-refractivity contribution in [3.8, 4) is 0 Å². The van der Waals surface area contributed by atoms with Crippen LogP contribution >= 0.6 is 0 Å². The first kappa shape index (κ1) is 15.0. The van der Waals surface area contributed by atoms with Gasteiger partial charge in [0.15, 0.2) is 0 Å². The molecule has 2 aliphatic rings. The van der Waals surface area contributed by atoms with Crippen LogP contribution in [-0.2, 0) is 13.1 Å². The summed E-state index contributed by atoms with van der Waals surface area (Å²) in [4.78, 5) is 2.46. The van der Waals surface area contributed by atoms with Gasteiger partial charge in [-0.05, 0) is 43.2 Å². The van der Waals surface area contributed by atoms with E-state index < -0.39 is 0 Å². The highest BCUT2D eigenvalue weighted by atomic mass is 19.1. The Morgan fingerprint density at radius 1 is 1.24 bits per heavy atom. The standard InChI is InChI=1S/C18H27FN2/c1-13(2)11-21(17-6-7-17)12-15-9-14(3-8-18(15)19)10-20-16-4-5-16/h3,8-9,13,16-17,20H,4-7,10-12H2,1-2H3. The molecule has 0 aromatic heterocycles. The lowest BCUT2D eigenvalue weighted by Gasteiger charge is -2.24. The van der Waals surface area contributed by atoms with E-state index in [4.69, 9.17) is 0 Å². The largest absolute Gasteiger partial charge is 0.310 e. The van der Waals surface area contributed by atoms with Gasteiger partial charge in [0.25, 0.3) is 0 Å². The molecule has 3 rings (SSSR count). The average molecular weight is 290 g/mol. The van der Waals surface area contributed by atoms with E-state index in [1.165, 1.54) is 31.2 Å². The predicted octanol–water partition coefficient (Wildman–Crippen LogP) is 3.70. The van der Waals surface area contributed by atoms with Crippen molar-refractivity contribution in [1.29, 1.82) is 0 Å². The summed E-state index contributed by atoms with van der Waals surface area (Å²) >= 11 is 0. The van der Waals surface area contributed by atoms with Gasteiger partial charge in [0.05, 0.1) is 0 Å². The van der Waals surface area contributed by atoms with Gasteiger partial charge in [-0.3, -0.25) is 4.90 Å². The van der Waals surface area contributed by atoms with Crippen LogP contribution < -0.4 is 5.32 Å². The summed E-state index contributed by atoms with van der Waals surface area (Å²) in [5, 5.41) is 3.50. The normalized spacial score (nSPS) is 18.7. The number of benzene rings is 1. The molecular formula is C18H27FN2. The van der Waals surface area contributed by atoms with Gasteiger partial charge >= 0.3 is 0 Å². The molecular weight excluding hydrogens is 263 g/mol. The van der Waals surface area contributed by atoms with Crippen molar-refractivity contribution < 1.29 is 4.39 Å². The number of halogens is 1. The highest BCUT2D eigenvalue weighted by Gasteiger charge is 2.29. The number of nitrogens with zero attached hydrogens (tertiary/aromatic N) is 1. The highest BCUT2D eigenvalue weighted by Crippen LogP contribution is 2.29. The third-order valence-corrected chi connectivity index (χ3v) is 4.32. The second-order valence-corrected chi connectivity index (χ2v) is 7.14. The molecule has 0 radical (unpaired) electrons. The zero-order valence-corrected chi connectivity index (χ0v) is 13.2. The fraction of sp³-hybridized carbons (Fsp3) is 0.667. The molecule has 1 aromatic carbocycles. The van der Waals surface area contributed by atoms with E-state index >= 15 is 0 Å². The Hall–Kier alpha value is -0.930. The van der Waals surface area contributed by atoms with Crippen molar-refractivity contribution in [1.82, 2.24) is 10.2 Å². The number of hydrogen-bond donors (Lipinski definition) is 1. The first-order valence-electron chi connectivity index (χ1n) is 8.36. The van der Waals surface area contributed by atoms with Gasteiger partial charge in [0.2, 0.25) is 0 Å². The van der Waals surface area contributed by atoms with Crippen LogP contribution in [0.1, 0.15) is 50.7 Å². The van der Waals surface area contributed by atoms with Gasteiger partial charge in [0, 0.05) is 37.3 Å². The zero-order valence-electron chi connectivity index (χ0n) is 13.2. The minimum atomic E-state index is -0.0559. The summed E-state index contributed by atoms with van der Waals surface area (Å²) in [5.74, 6) is 0.577. The van der Waals surface area contributed by atoms with Gasteiger partial charge in [-0.1, -0.05) is 26.0 Å². The quantitative estimate of drug-likeness (QED) is 0.785. The predicted molar refractivity (Wildman–Crippen MR) is 84.5 cm³/mol. The maximum absolute atomic E-state index is 14.1. The molecule has 2 fully saturated rings. The van der Waals surface area contributed by atoms with Gasteiger partial charge < -0.3 is 5.32 Å². The van der Waals surface area contributed by atoms with E-state index in [0.29, 0.717) is 18.0 Å². The van der Waals surface area contributed by atoms with E-state index in [1.54, 1.807) is 6.07 Å². The van der Waals surface area contributed by atoms with Crippen LogP contribution in [0.5, 0.6) is 0 Å². The molecule has 0 bridgehead atoms. The van der Waals surface area contributed by atoms with Crippen LogP contribution in [0.15, 0.2) is 18.2 Å². The number of rotatable bonds is 8. The van der Waals surface area contributed by atoms with Crippen molar-refractivity contribution in [2.24, 2.45) is 5.92 Å². The van der Waals surface area contributed by atoms with Gasteiger partial charge in [0.1, 0.15) is 5.82 Å². The highest BCUT2D eigenvalue weighted by molar-refractivity contribution is 5.25. The topological polar surface area (TPSA) is 15.3 Å². The van der Waals surface area contributed by atoms with E-state index in [0.717, 1.165) is 25.2 Å². The Morgan fingerprint density at radius 2 is 2.00 bits per heavy atom. The molecule has 0 heterocycles. The molecule has 116 valence electrons. The number of hydrogen-bond acceptors (Lipinski definition) is 2. The van der Waals surface area contributed by atoms with Crippen LogP contribution in [0.3, 0.4) is 0 Å². The van der Waals surface area contributed by atoms with Crippen molar-refractivity contribution in [2.75, 3.05) is 6.54 Å². The third kappa shape index (κ3) is 4.52. The average Bonchev–Trinajstić information content (AvgIpc) is 3.31. The molecule has 21 heavy (non-hydrogen) atoms. The van der Waals surface area contributed by atoms with Gasteiger partial charge in [-0.15, -0.1) is 0 Å². The van der Waals surface area contributed by atoms with Crippen LogP contribution in [0.4, 0.5) is 4.39 Å². The second-order valence-electron chi connectivity index (χ2n) is 7.14. The summed E-state index contributed by atoms with van der Waals surface area (Å²) in [6.07, 6.45) is 5.13. The lowest BCUT2D eigenvalue weighted by Crippen LogP contribution is -2.30. The van der Waals surface area contributed by atoms with E-state index in [9.17, 15) is 4.39 Å². The molecule has 0 saturated heterocycles. The summed E-state index contributed by atoms with van der Waals surface area (Å²) < 4.78 is 14.1. The molecule has 0 unspecified atom stereocenters. The lowest BCUT2D eigenvalue weighted by molar-refractivity contribution is 0.223. The van der Waals surface area contributed by atoms with Crippen molar-refractivity contribution in [3.05, 3.63) is 35.1 Å². The zero-order chi connectivity index (χ0) is 14.8. The first-order chi connectivity index (χ1) is 10.1. The summed E-state index contributed by atoms with van der Waals surface area (Å²) in [5.41, 5.74) is 2.07. The molecule has 2 aliphatic carbocycles. The van der Waals surface area contributed by atoms with Crippen LogP contribution in [0.25, 0.3) is 0 Å². The van der Waals surface area contributed by atoms with Crippen LogP contribution in [0, 0.1) is 11.7 Å². The Bertz CT molecular complexity index is 478. The fourth-order valence-corrected chi connectivity index (χ4v) is 2.88. The van der Waals surface area contributed by atoms with E-state index in [2.05, 4.69) is 30.1 Å². The molecule has 3 heteroatoms. The van der Waals surface area contributed by atoms with Crippen molar-refractivity contribution in [2.45, 2.75) is 64.7 Å². The second kappa shape index (κ2) is 6.45. The Kier molecular flexibility index (Phi) is 4.60. The minimum Gasteiger partial charge on any atom is -0.310 e. The fourth-order valence-electron chi connectivity index (χ4n) is 2.88. The minimum absolute atomic E-state index is 0.0559. The van der Waals surface area contributed by atoms with Crippen LogP contribution in [-0.4, -0.2) is 23.5 Å². The molecule has 0 spiro atoms. The molecule has 0 amide bonds. The summed E-state index contributed by atoms with van der Waals surface area (Å²) in [6.45, 7) is 7.16. The lowest BCUT2D eigenvalue weighted by atomic mass is 10.1. The Morgan fingerprint density at radius 3 is 2.62 bits per heavy atom. The molecule has 0 aliphatic heterocycles. The summed E-state index contributed by atoms with van der Waals surface area (Å²) in [7, 11) is 0. The van der Waals surface area contributed by atoms with Gasteiger partial charge in [-0.2, -0.15) is 0 Å². The molecule has 0 atom stereocenters. The van der Waals surface area contributed by atoms with E-state index in [1.807, 2.05) is 6.07 Å². The van der Waals surface area contributed by atoms with Crippen LogP contribution in [0.2, 0.25) is 0 Å². The molecule has 1 N–H and O–H groups in total. The SMILES string of the molecule is CC(C)CN(Cc1cc(CNC2CC2)ccc1F)C1CC1. The van der Waals surface area contributed by atoms with E-state index in [-0.39, 0.29) is 5.82 Å². The summed E-state index contributed by atoms with van der Waals surface area (Å²) in [6, 6.07) is 6.99.